The van der Waals surface area contributed by atoms with Gasteiger partial charge in [-0.25, -0.2) is 4.68 Å². The number of carbonyl (C=O) groups is 1. The molecule has 0 saturated carbocycles. The molecule has 2 heterocycles. The number of piperazine rings is 1. The summed E-state index contributed by atoms with van der Waals surface area (Å²) in [6.07, 6.45) is 0. The molecule has 6 nitrogen and oxygen atoms in total. The fraction of sp³-hybridized carbons (Fsp3) is 0.375. The smallest absolute Gasteiger partial charge is 0.275 e. The Labute approximate surface area is 176 Å². The second-order valence-electron chi connectivity index (χ2n) is 8.48. The summed E-state index contributed by atoms with van der Waals surface area (Å²) in [6.45, 7) is 8.76. The first-order valence-corrected chi connectivity index (χ1v) is 10.7. The molecule has 0 radical (unpaired) electrons. The molecule has 2 aromatic carbocycles. The molecule has 0 unspecified atom stereocenters. The lowest BCUT2D eigenvalue weighted by atomic mass is 10.1. The van der Waals surface area contributed by atoms with Crippen molar-refractivity contribution >= 4 is 16.7 Å². The molecule has 0 aliphatic carbocycles. The molecule has 1 aliphatic rings. The van der Waals surface area contributed by atoms with Crippen LogP contribution in [0.1, 0.15) is 29.9 Å². The van der Waals surface area contributed by atoms with Crippen LogP contribution in [0.15, 0.2) is 59.4 Å². The molecule has 30 heavy (non-hydrogen) atoms. The van der Waals surface area contributed by atoms with Gasteiger partial charge in [0.1, 0.15) is 6.54 Å². The van der Waals surface area contributed by atoms with Crippen LogP contribution in [0.3, 0.4) is 0 Å². The summed E-state index contributed by atoms with van der Waals surface area (Å²) in [4.78, 5) is 29.5. The lowest BCUT2D eigenvalue weighted by Gasteiger charge is -2.32. The lowest BCUT2D eigenvalue weighted by molar-refractivity contribution is -0.917. The number of nitrogens with one attached hydrogen (secondary N) is 1. The van der Waals surface area contributed by atoms with Crippen molar-refractivity contribution in [3.05, 3.63) is 76.2 Å². The van der Waals surface area contributed by atoms with Gasteiger partial charge in [0.05, 0.1) is 31.6 Å². The predicted octanol–water partition coefficient (Wildman–Crippen LogP) is 1.59. The highest BCUT2D eigenvalue weighted by atomic mass is 16.2. The summed E-state index contributed by atoms with van der Waals surface area (Å²) in [5, 5.41) is 5.71. The van der Waals surface area contributed by atoms with E-state index in [4.69, 9.17) is 0 Å². The van der Waals surface area contributed by atoms with Crippen LogP contribution in [-0.2, 0) is 13.1 Å². The number of benzene rings is 2. The van der Waals surface area contributed by atoms with Gasteiger partial charge in [-0.3, -0.25) is 9.59 Å². The van der Waals surface area contributed by atoms with E-state index in [-0.39, 0.29) is 17.4 Å². The molecule has 3 aromatic rings. The summed E-state index contributed by atoms with van der Waals surface area (Å²) in [5.41, 5.74) is 1.58. The third-order valence-electron chi connectivity index (χ3n) is 5.66. The monoisotopic (exact) mass is 405 g/mol. The summed E-state index contributed by atoms with van der Waals surface area (Å²) in [5.74, 6) is 0.187. The van der Waals surface area contributed by atoms with Gasteiger partial charge in [0.25, 0.3) is 11.5 Å². The van der Waals surface area contributed by atoms with Crippen molar-refractivity contribution in [3.63, 3.8) is 0 Å². The molecule has 4 rings (SSSR count). The topological polar surface area (TPSA) is 59.6 Å². The van der Waals surface area contributed by atoms with E-state index in [1.165, 1.54) is 15.1 Å². The van der Waals surface area contributed by atoms with E-state index >= 15 is 0 Å². The summed E-state index contributed by atoms with van der Waals surface area (Å²) in [6, 6.07) is 17.8. The fourth-order valence-corrected chi connectivity index (χ4v) is 4.10. The van der Waals surface area contributed by atoms with E-state index in [9.17, 15) is 9.59 Å². The molecule has 156 valence electrons. The maximum atomic E-state index is 13.4. The zero-order chi connectivity index (χ0) is 21.1. The molecule has 0 bridgehead atoms. The SMILES string of the molecule is CC(C)Cn1nc(C(=O)N2CC[NH+](Cc3ccccc3)CC2)c2ccccc2c1=O. The Morgan fingerprint density at radius 1 is 1.00 bits per heavy atom. The highest BCUT2D eigenvalue weighted by Crippen LogP contribution is 2.16. The average molecular weight is 406 g/mol. The van der Waals surface area contributed by atoms with Gasteiger partial charge in [-0.1, -0.05) is 62.4 Å². The van der Waals surface area contributed by atoms with Crippen LogP contribution in [0.25, 0.3) is 10.8 Å². The van der Waals surface area contributed by atoms with Crippen LogP contribution in [0.5, 0.6) is 0 Å². The zero-order valence-electron chi connectivity index (χ0n) is 17.7. The van der Waals surface area contributed by atoms with Crippen LogP contribution in [0.2, 0.25) is 0 Å². The Morgan fingerprint density at radius 3 is 2.30 bits per heavy atom. The molecule has 1 amide bonds. The lowest BCUT2D eigenvalue weighted by Crippen LogP contribution is -3.13. The van der Waals surface area contributed by atoms with Gasteiger partial charge in [-0.2, -0.15) is 5.10 Å². The first-order chi connectivity index (χ1) is 14.5. The fourth-order valence-electron chi connectivity index (χ4n) is 4.10. The molecule has 0 atom stereocenters. The Bertz CT molecular complexity index is 1080. The van der Waals surface area contributed by atoms with E-state index < -0.39 is 0 Å². The Hall–Kier alpha value is -2.99. The zero-order valence-corrected chi connectivity index (χ0v) is 17.7. The molecule has 1 aliphatic heterocycles. The molecule has 1 N–H and O–H groups in total. The number of fused-ring (bicyclic) bond motifs is 1. The maximum absolute atomic E-state index is 13.4. The second kappa shape index (κ2) is 8.79. The van der Waals surface area contributed by atoms with Gasteiger partial charge < -0.3 is 9.80 Å². The molecule has 6 heteroatoms. The minimum absolute atomic E-state index is 0.0810. The van der Waals surface area contributed by atoms with Crippen molar-refractivity contribution in [3.8, 4) is 0 Å². The number of nitrogens with zero attached hydrogens (tertiary/aromatic N) is 3. The minimum atomic E-state index is -0.132. The van der Waals surface area contributed by atoms with Crippen molar-refractivity contribution < 1.29 is 9.69 Å². The van der Waals surface area contributed by atoms with Gasteiger partial charge in [0.2, 0.25) is 0 Å². The highest BCUT2D eigenvalue weighted by molar-refractivity contribution is 6.04. The van der Waals surface area contributed by atoms with Crippen LogP contribution in [0, 0.1) is 5.92 Å². The Balaban J connectivity index is 1.55. The number of amides is 1. The van der Waals surface area contributed by atoms with Gasteiger partial charge in [0, 0.05) is 17.5 Å². The molecular formula is C24H29N4O2+. The van der Waals surface area contributed by atoms with Crippen LogP contribution in [-0.4, -0.2) is 46.8 Å². The van der Waals surface area contributed by atoms with Crippen LogP contribution >= 0.6 is 0 Å². The van der Waals surface area contributed by atoms with E-state index in [2.05, 4.69) is 29.4 Å². The number of aromatic nitrogens is 2. The standard InChI is InChI=1S/C24H28N4O2/c1-18(2)16-28-23(29)21-11-7-6-10-20(21)22(25-28)24(30)27-14-12-26(13-15-27)17-19-8-4-3-5-9-19/h3-11,18H,12-17H2,1-2H3/p+1. The normalized spacial score (nSPS) is 15.1. The predicted molar refractivity (Wildman–Crippen MR) is 118 cm³/mol. The summed E-state index contributed by atoms with van der Waals surface area (Å²) in [7, 11) is 0. The third-order valence-corrected chi connectivity index (χ3v) is 5.66. The highest BCUT2D eigenvalue weighted by Gasteiger charge is 2.27. The quantitative estimate of drug-likeness (QED) is 0.701. The first-order valence-electron chi connectivity index (χ1n) is 10.7. The number of hydrogen-bond acceptors (Lipinski definition) is 3. The third kappa shape index (κ3) is 4.28. The number of quaternary nitrogens is 1. The van der Waals surface area contributed by atoms with Crippen molar-refractivity contribution in [1.82, 2.24) is 14.7 Å². The number of hydrogen-bond donors (Lipinski definition) is 1. The Kier molecular flexibility index (Phi) is 5.95. The van der Waals surface area contributed by atoms with Gasteiger partial charge in [-0.15, -0.1) is 0 Å². The van der Waals surface area contributed by atoms with Gasteiger partial charge in [0.15, 0.2) is 5.69 Å². The number of rotatable bonds is 5. The van der Waals surface area contributed by atoms with E-state index in [0.29, 0.717) is 36.1 Å². The van der Waals surface area contributed by atoms with Crippen molar-refractivity contribution in [2.24, 2.45) is 5.92 Å². The maximum Gasteiger partial charge on any atom is 0.275 e. The largest absolute Gasteiger partial charge is 0.328 e. The van der Waals surface area contributed by atoms with Gasteiger partial charge in [-0.05, 0) is 12.0 Å². The van der Waals surface area contributed by atoms with Crippen molar-refractivity contribution in [2.45, 2.75) is 26.9 Å². The van der Waals surface area contributed by atoms with Crippen molar-refractivity contribution in [2.75, 3.05) is 26.2 Å². The molecule has 0 spiro atoms. The van der Waals surface area contributed by atoms with Gasteiger partial charge >= 0.3 is 0 Å². The molecule has 1 aromatic heterocycles. The van der Waals surface area contributed by atoms with E-state index in [1.807, 2.05) is 43.0 Å². The molecule has 1 fully saturated rings. The average Bonchev–Trinajstić information content (AvgIpc) is 2.76. The van der Waals surface area contributed by atoms with E-state index in [0.717, 1.165) is 19.6 Å². The minimum Gasteiger partial charge on any atom is -0.328 e. The second-order valence-corrected chi connectivity index (χ2v) is 8.48. The summed E-state index contributed by atoms with van der Waals surface area (Å²) >= 11 is 0. The molecular weight excluding hydrogens is 376 g/mol. The summed E-state index contributed by atoms with van der Waals surface area (Å²) < 4.78 is 1.46. The molecule has 1 saturated heterocycles. The number of carbonyl (C=O) groups excluding carboxylic acids is 1. The first kappa shape index (κ1) is 20.3. The van der Waals surface area contributed by atoms with Crippen LogP contribution < -0.4 is 10.5 Å². The van der Waals surface area contributed by atoms with Crippen molar-refractivity contribution in [1.29, 1.82) is 0 Å². The Morgan fingerprint density at radius 2 is 1.63 bits per heavy atom. The van der Waals surface area contributed by atoms with Crippen LogP contribution in [0.4, 0.5) is 0 Å². The van der Waals surface area contributed by atoms with E-state index in [1.54, 1.807) is 6.07 Å².